The molecule has 3 atom stereocenters. The fraction of sp³-hybridized carbons (Fsp3) is 0.344. The third kappa shape index (κ3) is 5.58. The van der Waals surface area contributed by atoms with Crippen LogP contribution in [0.3, 0.4) is 0 Å². The van der Waals surface area contributed by atoms with Crippen molar-refractivity contribution in [1.29, 1.82) is 0 Å². The van der Waals surface area contributed by atoms with Crippen molar-refractivity contribution in [2.75, 3.05) is 4.90 Å². The Balaban J connectivity index is 1.65. The highest BCUT2D eigenvalue weighted by Crippen LogP contribution is 2.49. The number of ketones is 1. The molecule has 1 aliphatic carbocycles. The number of aliphatic imine (C=N–C) groups is 1. The lowest BCUT2D eigenvalue weighted by Crippen LogP contribution is -2.49. The molecule has 1 heterocycles. The number of hydrogen-bond donors (Lipinski definition) is 0. The fourth-order valence-electron chi connectivity index (χ4n) is 5.77. The first-order valence-electron chi connectivity index (χ1n) is 13.4. The van der Waals surface area contributed by atoms with Gasteiger partial charge in [0.2, 0.25) is 0 Å². The molecule has 1 fully saturated rings. The van der Waals surface area contributed by atoms with Crippen molar-refractivity contribution in [1.82, 2.24) is 0 Å². The quantitative estimate of drug-likeness (QED) is 0.283. The van der Waals surface area contributed by atoms with Gasteiger partial charge in [0.15, 0.2) is 0 Å². The van der Waals surface area contributed by atoms with Gasteiger partial charge in [-0.2, -0.15) is 26.3 Å². The Hall–Kier alpha value is -3.95. The zero-order valence-electron chi connectivity index (χ0n) is 23.1. The number of nitrogens with zero attached hydrogens (tertiary/aromatic N) is 2. The van der Waals surface area contributed by atoms with E-state index in [2.05, 4.69) is 25.8 Å². The van der Waals surface area contributed by atoms with Crippen LogP contribution in [-0.2, 0) is 21.2 Å². The summed E-state index contributed by atoms with van der Waals surface area (Å²) < 4.78 is 82.1. The summed E-state index contributed by atoms with van der Waals surface area (Å²) in [6.07, 6.45) is -9.80. The third-order valence-corrected chi connectivity index (χ3v) is 7.90. The lowest BCUT2D eigenvalue weighted by molar-refractivity contribution is -0.171. The van der Waals surface area contributed by atoms with Gasteiger partial charge in [-0.25, -0.2) is 0 Å². The van der Waals surface area contributed by atoms with Crippen molar-refractivity contribution in [2.24, 2.45) is 10.9 Å². The first-order chi connectivity index (χ1) is 19.6. The van der Waals surface area contributed by atoms with Gasteiger partial charge >= 0.3 is 18.3 Å². The maximum atomic E-state index is 14.0. The lowest BCUT2D eigenvalue weighted by atomic mass is 9.71. The smallest absolute Gasteiger partial charge is 0.299 e. The number of anilines is 1. The Labute approximate surface area is 239 Å². The molecule has 220 valence electrons. The molecule has 0 saturated heterocycles. The molecule has 1 saturated carbocycles. The lowest BCUT2D eigenvalue weighted by Gasteiger charge is -2.39. The van der Waals surface area contributed by atoms with E-state index in [1.807, 2.05) is 24.3 Å². The van der Waals surface area contributed by atoms with E-state index >= 15 is 0 Å². The minimum absolute atomic E-state index is 0.0277. The van der Waals surface area contributed by atoms with Crippen LogP contribution in [0.25, 0.3) is 0 Å². The van der Waals surface area contributed by atoms with Gasteiger partial charge in [-0.3, -0.25) is 19.5 Å². The van der Waals surface area contributed by atoms with E-state index in [1.54, 1.807) is 6.07 Å². The summed E-state index contributed by atoms with van der Waals surface area (Å²) in [7, 11) is 0. The molecule has 0 spiro atoms. The van der Waals surface area contributed by atoms with E-state index < -0.39 is 41.6 Å². The number of amides is 1. The topological polar surface area (TPSA) is 49.7 Å². The van der Waals surface area contributed by atoms with Crippen molar-refractivity contribution < 1.29 is 35.9 Å². The number of halogens is 6. The number of alkyl halides is 6. The van der Waals surface area contributed by atoms with Crippen LogP contribution in [0.15, 0.2) is 77.8 Å². The number of benzene rings is 3. The van der Waals surface area contributed by atoms with Crippen LogP contribution in [0.5, 0.6) is 0 Å². The SMILES string of the molecule is CC(C)(C)c1ccc(C2CC(=O)C3C(=Nc4ccccc4N(C(=O)C(F)(F)F)C3c3ccc(C(F)(F)F)cc3)C2)cc1. The van der Waals surface area contributed by atoms with Crippen LogP contribution in [0.2, 0.25) is 0 Å². The summed E-state index contributed by atoms with van der Waals surface area (Å²) in [5.41, 5.74) is 1.01. The number of hydrogen-bond acceptors (Lipinski definition) is 3. The van der Waals surface area contributed by atoms with Crippen LogP contribution < -0.4 is 4.90 Å². The Kier molecular flexibility index (Phi) is 7.31. The summed E-state index contributed by atoms with van der Waals surface area (Å²) in [6.45, 7) is 6.22. The second-order valence-electron chi connectivity index (χ2n) is 11.8. The molecule has 0 radical (unpaired) electrons. The zero-order chi connectivity index (χ0) is 30.6. The maximum absolute atomic E-state index is 14.0. The molecule has 2 aliphatic rings. The van der Waals surface area contributed by atoms with Crippen LogP contribution in [0.1, 0.15) is 67.8 Å². The second-order valence-corrected chi connectivity index (χ2v) is 11.8. The van der Waals surface area contributed by atoms with E-state index in [-0.39, 0.29) is 46.8 Å². The van der Waals surface area contributed by atoms with Crippen molar-refractivity contribution in [3.63, 3.8) is 0 Å². The molecule has 5 rings (SSSR count). The standard InChI is InChI=1S/C32H28F6N2O2/c1-30(2,3)21-12-8-18(9-13-21)20-16-24-27(26(41)17-20)28(19-10-14-22(15-11-19)31(33,34)35)40(29(42)32(36,37)38)25-7-5-4-6-23(25)39-24/h4-15,20,27-28H,16-17H2,1-3H3. The summed E-state index contributed by atoms with van der Waals surface area (Å²) in [4.78, 5) is 32.0. The van der Waals surface area contributed by atoms with Gasteiger partial charge in [0.25, 0.3) is 0 Å². The molecule has 3 unspecified atom stereocenters. The molecule has 0 bridgehead atoms. The highest BCUT2D eigenvalue weighted by molar-refractivity contribution is 6.13. The Morgan fingerprint density at radius 1 is 0.786 bits per heavy atom. The maximum Gasteiger partial charge on any atom is 0.471 e. The average molecular weight is 587 g/mol. The molecule has 42 heavy (non-hydrogen) atoms. The van der Waals surface area contributed by atoms with Gasteiger partial charge in [0.1, 0.15) is 5.78 Å². The number of carbonyl (C=O) groups excluding carboxylic acids is 2. The molecule has 0 N–H and O–H groups in total. The van der Waals surface area contributed by atoms with Crippen molar-refractivity contribution >= 4 is 28.8 Å². The van der Waals surface area contributed by atoms with Gasteiger partial charge < -0.3 is 0 Å². The zero-order valence-corrected chi connectivity index (χ0v) is 23.1. The normalized spacial score (nSPS) is 21.3. The fourth-order valence-corrected chi connectivity index (χ4v) is 5.77. The van der Waals surface area contributed by atoms with Gasteiger partial charge in [0, 0.05) is 12.1 Å². The van der Waals surface area contributed by atoms with Crippen LogP contribution in [-0.4, -0.2) is 23.6 Å². The minimum Gasteiger partial charge on any atom is -0.299 e. The largest absolute Gasteiger partial charge is 0.471 e. The van der Waals surface area contributed by atoms with Crippen LogP contribution >= 0.6 is 0 Å². The van der Waals surface area contributed by atoms with Crippen LogP contribution in [0, 0.1) is 5.92 Å². The molecular weight excluding hydrogens is 558 g/mol. The predicted octanol–water partition coefficient (Wildman–Crippen LogP) is 8.49. The minimum atomic E-state index is -5.32. The number of fused-ring (bicyclic) bond motifs is 2. The molecule has 4 nitrogen and oxygen atoms in total. The first kappa shape index (κ1) is 29.5. The molecule has 3 aromatic rings. The molecule has 10 heteroatoms. The van der Waals surface area contributed by atoms with E-state index in [1.165, 1.54) is 18.2 Å². The van der Waals surface area contributed by atoms with Gasteiger partial charge in [-0.05, 0) is 58.7 Å². The molecule has 1 amide bonds. The number of para-hydroxylation sites is 2. The second kappa shape index (κ2) is 10.4. The van der Waals surface area contributed by atoms with Gasteiger partial charge in [-0.15, -0.1) is 0 Å². The van der Waals surface area contributed by atoms with Crippen molar-refractivity contribution in [3.8, 4) is 0 Å². The van der Waals surface area contributed by atoms with Gasteiger partial charge in [-0.1, -0.05) is 69.3 Å². The Bertz CT molecular complexity index is 1530. The monoisotopic (exact) mass is 586 g/mol. The van der Waals surface area contributed by atoms with Crippen molar-refractivity contribution in [2.45, 2.75) is 63.3 Å². The van der Waals surface area contributed by atoms with Crippen molar-refractivity contribution in [3.05, 3.63) is 95.1 Å². The first-order valence-corrected chi connectivity index (χ1v) is 13.4. The molecule has 1 aliphatic heterocycles. The summed E-state index contributed by atoms with van der Waals surface area (Å²) in [5.74, 6) is -4.27. The van der Waals surface area contributed by atoms with Crippen LogP contribution in [0.4, 0.5) is 37.7 Å². The summed E-state index contributed by atoms with van der Waals surface area (Å²) >= 11 is 0. The number of Topliss-reactive ketones (excluding diaryl/α,β-unsaturated/α-hetero) is 1. The third-order valence-electron chi connectivity index (χ3n) is 7.90. The Morgan fingerprint density at radius 3 is 1.93 bits per heavy atom. The molecule has 0 aromatic heterocycles. The average Bonchev–Trinajstić information content (AvgIpc) is 3.06. The predicted molar refractivity (Wildman–Crippen MR) is 147 cm³/mol. The highest BCUT2D eigenvalue weighted by atomic mass is 19.4. The van der Waals surface area contributed by atoms with E-state index in [9.17, 15) is 35.9 Å². The number of rotatable bonds is 2. The summed E-state index contributed by atoms with van der Waals surface area (Å²) in [6, 6.07) is 15.5. The van der Waals surface area contributed by atoms with E-state index in [4.69, 9.17) is 0 Å². The van der Waals surface area contributed by atoms with E-state index in [0.29, 0.717) is 4.90 Å². The molecule has 3 aromatic carbocycles. The number of carbonyl (C=O) groups is 2. The highest BCUT2D eigenvalue weighted by Gasteiger charge is 2.52. The summed E-state index contributed by atoms with van der Waals surface area (Å²) in [5, 5.41) is 0. The Morgan fingerprint density at radius 2 is 1.36 bits per heavy atom. The molecular formula is C32H28F6N2O2. The van der Waals surface area contributed by atoms with E-state index in [0.717, 1.165) is 35.4 Å². The van der Waals surface area contributed by atoms with Gasteiger partial charge in [0.05, 0.1) is 28.9 Å².